The van der Waals surface area contributed by atoms with Crippen LogP contribution >= 0.6 is 11.3 Å². The summed E-state index contributed by atoms with van der Waals surface area (Å²) < 4.78 is 15.4. The standard InChI is InChI=1S/C20H22N2O6S/c1-4-28-20(25)22-18(24)15-11-7-6-10-14(11)29-19(15)21-17(23)12-8-5-9-13(26-2)16(12)27-3/h5,8-9H,4,6-7,10H2,1-3H3,(H,21,23)(H,22,24,25). The van der Waals surface area contributed by atoms with Crippen LogP contribution in [0.4, 0.5) is 9.80 Å². The molecule has 1 aliphatic carbocycles. The Bertz CT molecular complexity index is 953. The lowest BCUT2D eigenvalue weighted by Crippen LogP contribution is -2.32. The number of ether oxygens (including phenoxy) is 3. The lowest BCUT2D eigenvalue weighted by Gasteiger charge is -2.13. The molecule has 0 saturated carbocycles. The van der Waals surface area contributed by atoms with Gasteiger partial charge in [0.25, 0.3) is 11.8 Å². The van der Waals surface area contributed by atoms with Crippen molar-refractivity contribution >= 4 is 34.2 Å². The van der Waals surface area contributed by atoms with Crippen LogP contribution in [0.15, 0.2) is 18.2 Å². The Balaban J connectivity index is 1.91. The predicted molar refractivity (Wildman–Crippen MR) is 108 cm³/mol. The minimum absolute atomic E-state index is 0.153. The van der Waals surface area contributed by atoms with Crippen LogP contribution in [0.5, 0.6) is 11.5 Å². The van der Waals surface area contributed by atoms with Crippen molar-refractivity contribution < 1.29 is 28.6 Å². The number of thiophene rings is 1. The van der Waals surface area contributed by atoms with Crippen LogP contribution in [0.25, 0.3) is 0 Å². The average molecular weight is 418 g/mol. The molecular formula is C20H22N2O6S. The summed E-state index contributed by atoms with van der Waals surface area (Å²) >= 11 is 1.35. The number of methoxy groups -OCH3 is 2. The predicted octanol–water partition coefficient (Wildman–Crippen LogP) is 3.39. The van der Waals surface area contributed by atoms with E-state index >= 15 is 0 Å². The lowest BCUT2D eigenvalue weighted by molar-refractivity contribution is 0.0925. The number of hydrogen-bond acceptors (Lipinski definition) is 7. The molecule has 3 rings (SSSR count). The Morgan fingerprint density at radius 1 is 1.10 bits per heavy atom. The number of anilines is 1. The summed E-state index contributed by atoms with van der Waals surface area (Å²) in [4.78, 5) is 38.4. The van der Waals surface area contributed by atoms with Crippen LogP contribution < -0.4 is 20.1 Å². The van der Waals surface area contributed by atoms with E-state index in [0.717, 1.165) is 29.7 Å². The normalized spacial score (nSPS) is 12.1. The molecule has 0 bridgehead atoms. The molecule has 0 fully saturated rings. The van der Waals surface area contributed by atoms with Gasteiger partial charge in [0, 0.05) is 4.88 Å². The highest BCUT2D eigenvalue weighted by molar-refractivity contribution is 7.17. The van der Waals surface area contributed by atoms with Gasteiger partial charge in [-0.15, -0.1) is 11.3 Å². The van der Waals surface area contributed by atoms with Crippen molar-refractivity contribution in [2.24, 2.45) is 0 Å². The molecule has 9 heteroatoms. The molecule has 8 nitrogen and oxygen atoms in total. The maximum atomic E-state index is 12.9. The number of rotatable bonds is 6. The third kappa shape index (κ3) is 4.19. The molecule has 2 N–H and O–H groups in total. The van der Waals surface area contributed by atoms with E-state index in [-0.39, 0.29) is 12.2 Å². The molecule has 1 aromatic carbocycles. The summed E-state index contributed by atoms with van der Waals surface area (Å²) in [5.41, 5.74) is 1.45. The summed E-state index contributed by atoms with van der Waals surface area (Å²) in [5, 5.41) is 5.41. The molecule has 0 atom stereocenters. The first kappa shape index (κ1) is 20.7. The third-order valence-electron chi connectivity index (χ3n) is 4.51. The number of imide groups is 1. The summed E-state index contributed by atoms with van der Waals surface area (Å²) in [7, 11) is 2.94. The smallest absolute Gasteiger partial charge is 0.414 e. The van der Waals surface area contributed by atoms with Crippen molar-refractivity contribution in [2.45, 2.75) is 26.2 Å². The molecule has 3 amide bonds. The number of fused-ring (bicyclic) bond motifs is 1. The Kier molecular flexibility index (Phi) is 6.38. The summed E-state index contributed by atoms with van der Waals surface area (Å²) in [6, 6.07) is 4.98. The molecule has 1 aromatic heterocycles. The molecule has 1 heterocycles. The first-order valence-corrected chi connectivity index (χ1v) is 9.96. The van der Waals surface area contributed by atoms with Gasteiger partial charge in [-0.1, -0.05) is 6.07 Å². The van der Waals surface area contributed by atoms with Crippen molar-refractivity contribution in [3.63, 3.8) is 0 Å². The Hall–Kier alpha value is -3.07. The van der Waals surface area contributed by atoms with Crippen LogP contribution in [-0.4, -0.2) is 38.7 Å². The van der Waals surface area contributed by atoms with Gasteiger partial charge >= 0.3 is 6.09 Å². The highest BCUT2D eigenvalue weighted by atomic mass is 32.1. The Morgan fingerprint density at radius 2 is 1.90 bits per heavy atom. The van der Waals surface area contributed by atoms with Crippen LogP contribution in [0.3, 0.4) is 0 Å². The molecule has 154 valence electrons. The topological polar surface area (TPSA) is 103 Å². The van der Waals surface area contributed by atoms with E-state index in [1.165, 1.54) is 25.6 Å². The Morgan fingerprint density at radius 3 is 2.59 bits per heavy atom. The van der Waals surface area contributed by atoms with E-state index in [1.54, 1.807) is 25.1 Å². The molecular weight excluding hydrogens is 396 g/mol. The van der Waals surface area contributed by atoms with E-state index in [9.17, 15) is 14.4 Å². The SMILES string of the molecule is CCOC(=O)NC(=O)c1c(NC(=O)c2cccc(OC)c2OC)sc2c1CCC2. The average Bonchev–Trinajstić information content (AvgIpc) is 3.27. The van der Waals surface area contributed by atoms with Crippen LogP contribution in [-0.2, 0) is 17.6 Å². The first-order valence-electron chi connectivity index (χ1n) is 9.15. The van der Waals surface area contributed by atoms with Gasteiger partial charge in [0.05, 0.1) is 32.0 Å². The minimum Gasteiger partial charge on any atom is -0.493 e. The second kappa shape index (κ2) is 8.95. The number of hydrogen-bond donors (Lipinski definition) is 2. The van der Waals surface area contributed by atoms with Crippen molar-refractivity contribution in [1.29, 1.82) is 0 Å². The van der Waals surface area contributed by atoms with Gasteiger partial charge in [0.1, 0.15) is 5.00 Å². The van der Waals surface area contributed by atoms with Crippen molar-refractivity contribution in [2.75, 3.05) is 26.1 Å². The molecule has 0 spiro atoms. The van der Waals surface area contributed by atoms with Crippen LogP contribution in [0.1, 0.15) is 44.5 Å². The number of alkyl carbamates (subject to hydrolysis) is 1. The summed E-state index contributed by atoms with van der Waals surface area (Å²) in [6.45, 7) is 1.81. The number of nitrogens with one attached hydrogen (secondary N) is 2. The molecule has 0 unspecified atom stereocenters. The number of aryl methyl sites for hydroxylation is 1. The summed E-state index contributed by atoms with van der Waals surface area (Å²) in [5.74, 6) is -0.301. The maximum Gasteiger partial charge on any atom is 0.414 e. The first-order chi connectivity index (χ1) is 14.0. The number of para-hydroxylation sites is 1. The molecule has 0 aliphatic heterocycles. The Labute approximate surface area is 172 Å². The van der Waals surface area contributed by atoms with Gasteiger partial charge in [-0.05, 0) is 43.9 Å². The van der Waals surface area contributed by atoms with E-state index < -0.39 is 17.9 Å². The van der Waals surface area contributed by atoms with Crippen molar-refractivity contribution in [1.82, 2.24) is 5.32 Å². The molecule has 1 aliphatic rings. The van der Waals surface area contributed by atoms with Crippen molar-refractivity contribution in [3.05, 3.63) is 39.8 Å². The second-order valence-electron chi connectivity index (χ2n) is 6.23. The number of carbonyl (C=O) groups is 3. The monoisotopic (exact) mass is 418 g/mol. The largest absolute Gasteiger partial charge is 0.493 e. The quantitative estimate of drug-likeness (QED) is 0.745. The fourth-order valence-corrected chi connectivity index (χ4v) is 4.57. The number of benzene rings is 1. The van der Waals surface area contributed by atoms with Gasteiger partial charge < -0.3 is 19.5 Å². The van der Waals surface area contributed by atoms with E-state index in [4.69, 9.17) is 14.2 Å². The zero-order valence-corrected chi connectivity index (χ0v) is 17.2. The maximum absolute atomic E-state index is 12.9. The molecule has 29 heavy (non-hydrogen) atoms. The van der Waals surface area contributed by atoms with E-state index in [2.05, 4.69) is 10.6 Å². The number of amides is 3. The van der Waals surface area contributed by atoms with Crippen LogP contribution in [0.2, 0.25) is 0 Å². The molecule has 0 saturated heterocycles. The van der Waals surface area contributed by atoms with Gasteiger partial charge in [-0.2, -0.15) is 0 Å². The highest BCUT2D eigenvalue weighted by Crippen LogP contribution is 2.40. The lowest BCUT2D eigenvalue weighted by atomic mass is 10.1. The zero-order chi connectivity index (χ0) is 21.0. The minimum atomic E-state index is -0.817. The van der Waals surface area contributed by atoms with E-state index in [1.807, 2.05) is 0 Å². The zero-order valence-electron chi connectivity index (χ0n) is 16.4. The highest BCUT2D eigenvalue weighted by Gasteiger charge is 2.29. The number of carbonyl (C=O) groups excluding carboxylic acids is 3. The molecule has 0 radical (unpaired) electrons. The fourth-order valence-electron chi connectivity index (χ4n) is 3.29. The van der Waals surface area contributed by atoms with Gasteiger partial charge in [-0.25, -0.2) is 4.79 Å². The fraction of sp³-hybridized carbons (Fsp3) is 0.350. The van der Waals surface area contributed by atoms with Crippen LogP contribution in [0, 0.1) is 0 Å². The van der Waals surface area contributed by atoms with Gasteiger partial charge in [-0.3, -0.25) is 14.9 Å². The third-order valence-corrected chi connectivity index (χ3v) is 5.72. The summed E-state index contributed by atoms with van der Waals surface area (Å²) in [6.07, 6.45) is 1.66. The second-order valence-corrected chi connectivity index (χ2v) is 7.34. The molecule has 2 aromatic rings. The van der Waals surface area contributed by atoms with Crippen molar-refractivity contribution in [3.8, 4) is 11.5 Å². The van der Waals surface area contributed by atoms with Gasteiger partial charge in [0.15, 0.2) is 11.5 Å². The van der Waals surface area contributed by atoms with Gasteiger partial charge in [0.2, 0.25) is 0 Å². The van der Waals surface area contributed by atoms with E-state index in [0.29, 0.717) is 22.1 Å².